The van der Waals surface area contributed by atoms with E-state index in [1.54, 1.807) is 24.6 Å². The number of benzene rings is 1. The van der Waals surface area contributed by atoms with Crippen LogP contribution in [-0.4, -0.2) is 23.9 Å². The van der Waals surface area contributed by atoms with Crippen molar-refractivity contribution < 1.29 is 14.3 Å². The maximum absolute atomic E-state index is 11.9. The molecule has 0 atom stereocenters. The number of nitrogens with one attached hydrogen (secondary N) is 1. The first-order valence-electron chi connectivity index (χ1n) is 6.22. The molecule has 0 fully saturated rings. The van der Waals surface area contributed by atoms with Gasteiger partial charge in [0.15, 0.2) is 5.13 Å². The van der Waals surface area contributed by atoms with E-state index in [-0.39, 0.29) is 18.7 Å². The van der Waals surface area contributed by atoms with Crippen LogP contribution in [0, 0.1) is 0 Å². The predicted molar refractivity (Wildman–Crippen MR) is 80.3 cm³/mol. The molecule has 6 nitrogen and oxygen atoms in total. The Labute approximate surface area is 125 Å². The second kappa shape index (κ2) is 6.85. The number of thiazole rings is 1. The lowest BCUT2D eigenvalue weighted by Crippen LogP contribution is -2.15. The Morgan fingerprint density at radius 3 is 2.62 bits per heavy atom. The van der Waals surface area contributed by atoms with E-state index in [1.807, 2.05) is 12.1 Å². The van der Waals surface area contributed by atoms with E-state index in [4.69, 9.17) is 10.5 Å². The van der Waals surface area contributed by atoms with E-state index >= 15 is 0 Å². The molecule has 0 unspecified atom stereocenters. The molecule has 110 valence electrons. The quantitative estimate of drug-likeness (QED) is 0.842. The molecule has 0 aliphatic carbocycles. The van der Waals surface area contributed by atoms with Crippen molar-refractivity contribution >= 4 is 28.3 Å². The maximum atomic E-state index is 11.9. The normalized spacial score (nSPS) is 10.1. The molecule has 0 saturated carbocycles. The van der Waals surface area contributed by atoms with Crippen molar-refractivity contribution in [3.8, 4) is 5.75 Å². The minimum atomic E-state index is -0.448. The van der Waals surface area contributed by atoms with Crippen molar-refractivity contribution in [1.82, 2.24) is 4.98 Å². The van der Waals surface area contributed by atoms with Crippen LogP contribution in [0.3, 0.4) is 0 Å². The molecule has 0 saturated heterocycles. The average Bonchev–Trinajstić information content (AvgIpc) is 2.85. The highest BCUT2D eigenvalue weighted by molar-refractivity contribution is 7.13. The van der Waals surface area contributed by atoms with Crippen LogP contribution >= 0.6 is 11.3 Å². The topological polar surface area (TPSA) is 94.3 Å². The van der Waals surface area contributed by atoms with Gasteiger partial charge in [0.1, 0.15) is 5.75 Å². The molecule has 21 heavy (non-hydrogen) atoms. The molecular weight excluding hydrogens is 290 g/mol. The molecular formula is C14H15N3O3S. The lowest BCUT2D eigenvalue weighted by molar-refractivity contribution is -0.117. The summed E-state index contributed by atoms with van der Waals surface area (Å²) in [5, 5.41) is 4.86. The summed E-state index contributed by atoms with van der Waals surface area (Å²) >= 11 is 1.27. The number of anilines is 1. The number of aromatic nitrogens is 1. The molecule has 0 bridgehead atoms. The fraction of sp³-hybridized carbons (Fsp3) is 0.214. The number of hydrogen-bond acceptors (Lipinski definition) is 5. The van der Waals surface area contributed by atoms with Crippen molar-refractivity contribution in [3.05, 3.63) is 40.9 Å². The maximum Gasteiger partial charge on any atom is 0.230 e. The third-order valence-electron chi connectivity index (χ3n) is 2.68. The molecule has 1 aromatic carbocycles. The number of primary amides is 1. The van der Waals surface area contributed by atoms with Gasteiger partial charge in [0.2, 0.25) is 11.8 Å². The largest absolute Gasteiger partial charge is 0.497 e. The van der Waals surface area contributed by atoms with E-state index in [9.17, 15) is 9.59 Å². The van der Waals surface area contributed by atoms with Crippen LogP contribution in [-0.2, 0) is 22.4 Å². The first-order chi connectivity index (χ1) is 10.1. The molecule has 1 heterocycles. The van der Waals surface area contributed by atoms with E-state index in [1.165, 1.54) is 11.3 Å². The third kappa shape index (κ3) is 4.57. The summed E-state index contributed by atoms with van der Waals surface area (Å²) in [6.07, 6.45) is 0.319. The first kappa shape index (κ1) is 15.0. The SMILES string of the molecule is COc1ccc(CC(=O)Nc2nc(CC(N)=O)cs2)cc1. The smallest absolute Gasteiger partial charge is 0.230 e. The standard InChI is InChI=1S/C14H15N3O3S/c1-20-11-4-2-9(3-5-11)6-13(19)17-14-16-10(8-21-14)7-12(15)18/h2-5,8H,6-7H2,1H3,(H2,15,18)(H,16,17,19). The van der Waals surface area contributed by atoms with Crippen LogP contribution in [0.2, 0.25) is 0 Å². The van der Waals surface area contributed by atoms with Gasteiger partial charge < -0.3 is 15.8 Å². The van der Waals surface area contributed by atoms with Gasteiger partial charge in [-0.15, -0.1) is 11.3 Å². The number of amides is 2. The summed E-state index contributed by atoms with van der Waals surface area (Å²) in [7, 11) is 1.59. The van der Waals surface area contributed by atoms with E-state index in [0.29, 0.717) is 10.8 Å². The molecule has 0 aliphatic heterocycles. The molecule has 0 aliphatic rings. The Hall–Kier alpha value is -2.41. The molecule has 0 radical (unpaired) electrons. The summed E-state index contributed by atoms with van der Waals surface area (Å²) < 4.78 is 5.06. The highest BCUT2D eigenvalue weighted by Gasteiger charge is 2.09. The molecule has 2 amide bonds. The van der Waals surface area contributed by atoms with Crippen LogP contribution in [0.4, 0.5) is 5.13 Å². The second-order valence-corrected chi connectivity index (χ2v) is 5.22. The van der Waals surface area contributed by atoms with Crippen molar-refractivity contribution in [1.29, 1.82) is 0 Å². The Morgan fingerprint density at radius 2 is 2.00 bits per heavy atom. The van der Waals surface area contributed by atoms with Crippen LogP contribution in [0.5, 0.6) is 5.75 Å². The van der Waals surface area contributed by atoms with Gasteiger partial charge in [-0.25, -0.2) is 4.98 Å². The summed E-state index contributed by atoms with van der Waals surface area (Å²) in [6, 6.07) is 7.27. The number of carbonyl (C=O) groups excluding carboxylic acids is 2. The monoisotopic (exact) mass is 305 g/mol. The summed E-state index contributed by atoms with van der Waals surface area (Å²) in [5.41, 5.74) is 6.53. The highest BCUT2D eigenvalue weighted by atomic mass is 32.1. The van der Waals surface area contributed by atoms with Crippen molar-refractivity contribution in [2.75, 3.05) is 12.4 Å². The zero-order valence-corrected chi connectivity index (χ0v) is 12.3. The number of carbonyl (C=O) groups is 2. The second-order valence-electron chi connectivity index (χ2n) is 4.36. The van der Waals surface area contributed by atoms with E-state index in [0.717, 1.165) is 11.3 Å². The molecule has 7 heteroatoms. The van der Waals surface area contributed by atoms with Gasteiger partial charge in [0.05, 0.1) is 25.6 Å². The van der Waals surface area contributed by atoms with Gasteiger partial charge >= 0.3 is 0 Å². The van der Waals surface area contributed by atoms with Crippen LogP contribution < -0.4 is 15.8 Å². The average molecular weight is 305 g/mol. The number of nitrogens with two attached hydrogens (primary N) is 1. The van der Waals surface area contributed by atoms with Gasteiger partial charge in [-0.1, -0.05) is 12.1 Å². The van der Waals surface area contributed by atoms with Gasteiger partial charge in [0.25, 0.3) is 0 Å². The van der Waals surface area contributed by atoms with Crippen LogP contribution in [0.1, 0.15) is 11.3 Å². The first-order valence-corrected chi connectivity index (χ1v) is 7.10. The zero-order chi connectivity index (χ0) is 15.2. The zero-order valence-electron chi connectivity index (χ0n) is 11.5. The van der Waals surface area contributed by atoms with Gasteiger partial charge in [-0.05, 0) is 17.7 Å². The Bertz CT molecular complexity index is 637. The van der Waals surface area contributed by atoms with Crippen LogP contribution in [0.15, 0.2) is 29.6 Å². The van der Waals surface area contributed by atoms with Crippen LogP contribution in [0.25, 0.3) is 0 Å². The lowest BCUT2D eigenvalue weighted by atomic mass is 10.1. The molecule has 2 rings (SSSR count). The Balaban J connectivity index is 1.91. The van der Waals surface area contributed by atoms with E-state index < -0.39 is 5.91 Å². The highest BCUT2D eigenvalue weighted by Crippen LogP contribution is 2.17. The summed E-state index contributed by atoms with van der Waals surface area (Å²) in [4.78, 5) is 26.8. The number of hydrogen-bond donors (Lipinski definition) is 2. The van der Waals surface area contributed by atoms with Crippen molar-refractivity contribution in [2.45, 2.75) is 12.8 Å². The predicted octanol–water partition coefficient (Wildman–Crippen LogP) is 1.36. The minimum Gasteiger partial charge on any atom is -0.497 e. The summed E-state index contributed by atoms with van der Waals surface area (Å²) in [5.74, 6) is 0.131. The van der Waals surface area contributed by atoms with Gasteiger partial charge in [0, 0.05) is 5.38 Å². The molecule has 1 aromatic heterocycles. The molecule has 2 aromatic rings. The fourth-order valence-electron chi connectivity index (χ4n) is 1.72. The van der Waals surface area contributed by atoms with Crippen molar-refractivity contribution in [3.63, 3.8) is 0 Å². The number of nitrogens with zero attached hydrogens (tertiary/aromatic N) is 1. The third-order valence-corrected chi connectivity index (χ3v) is 3.48. The lowest BCUT2D eigenvalue weighted by Gasteiger charge is -2.03. The number of ether oxygens (including phenoxy) is 1. The minimum absolute atomic E-state index is 0.0743. The molecule has 0 spiro atoms. The number of methoxy groups -OCH3 is 1. The Morgan fingerprint density at radius 1 is 1.29 bits per heavy atom. The van der Waals surface area contributed by atoms with Crippen molar-refractivity contribution in [2.24, 2.45) is 5.73 Å². The van der Waals surface area contributed by atoms with E-state index in [2.05, 4.69) is 10.3 Å². The summed E-state index contributed by atoms with van der Waals surface area (Å²) in [6.45, 7) is 0. The Kier molecular flexibility index (Phi) is 4.89. The number of rotatable bonds is 6. The molecule has 3 N–H and O–H groups in total. The van der Waals surface area contributed by atoms with Gasteiger partial charge in [-0.2, -0.15) is 0 Å². The van der Waals surface area contributed by atoms with Gasteiger partial charge in [-0.3, -0.25) is 9.59 Å². The fourth-order valence-corrected chi connectivity index (χ4v) is 2.44.